The first-order valence-electron chi connectivity index (χ1n) is 6.30. The van der Waals surface area contributed by atoms with Gasteiger partial charge in [-0.3, -0.25) is 4.79 Å². The lowest BCUT2D eigenvalue weighted by Crippen LogP contribution is -2.24. The van der Waals surface area contributed by atoms with Gasteiger partial charge in [0.05, 0.1) is 11.8 Å². The zero-order chi connectivity index (χ0) is 14.5. The molecular formula is C15H17BrN2O2. The summed E-state index contributed by atoms with van der Waals surface area (Å²) in [6.45, 7) is 1.35. The second-order valence-corrected chi connectivity index (χ2v) is 5.52. The van der Waals surface area contributed by atoms with Gasteiger partial charge in [0.1, 0.15) is 0 Å². The summed E-state index contributed by atoms with van der Waals surface area (Å²) < 4.78 is 5.52. The molecule has 0 saturated carbocycles. The maximum atomic E-state index is 12.0. The summed E-state index contributed by atoms with van der Waals surface area (Å²) in [4.78, 5) is 14.1. The molecule has 0 saturated heterocycles. The van der Waals surface area contributed by atoms with Crippen LogP contribution in [-0.4, -0.2) is 24.9 Å². The van der Waals surface area contributed by atoms with E-state index in [0.717, 1.165) is 12.1 Å². The van der Waals surface area contributed by atoms with Crippen molar-refractivity contribution in [2.24, 2.45) is 0 Å². The molecule has 2 aromatic rings. The van der Waals surface area contributed by atoms with E-state index in [4.69, 9.17) is 4.42 Å². The summed E-state index contributed by atoms with van der Waals surface area (Å²) in [6.07, 6.45) is 1.49. The molecule has 2 rings (SSSR count). The van der Waals surface area contributed by atoms with Gasteiger partial charge in [-0.05, 0) is 47.2 Å². The fourth-order valence-electron chi connectivity index (χ4n) is 1.95. The minimum Gasteiger partial charge on any atom is -0.457 e. The smallest absolute Gasteiger partial charge is 0.256 e. The molecule has 20 heavy (non-hydrogen) atoms. The fraction of sp³-hybridized carbons (Fsp3) is 0.267. The van der Waals surface area contributed by atoms with Crippen molar-refractivity contribution in [1.29, 1.82) is 0 Å². The molecule has 0 aliphatic heterocycles. The van der Waals surface area contributed by atoms with Crippen molar-refractivity contribution < 1.29 is 9.21 Å². The number of benzene rings is 1. The minimum absolute atomic E-state index is 0.148. The molecule has 5 heteroatoms. The van der Waals surface area contributed by atoms with Crippen LogP contribution in [0.2, 0.25) is 0 Å². The molecule has 1 amide bonds. The third-order valence-electron chi connectivity index (χ3n) is 2.91. The Hall–Kier alpha value is -1.59. The molecule has 0 aliphatic carbocycles. The summed E-state index contributed by atoms with van der Waals surface area (Å²) in [5.74, 6) is -0.148. The maximum absolute atomic E-state index is 12.0. The van der Waals surface area contributed by atoms with Crippen molar-refractivity contribution in [3.05, 3.63) is 58.0 Å². The van der Waals surface area contributed by atoms with Gasteiger partial charge in [-0.1, -0.05) is 24.3 Å². The number of hydrogen-bond acceptors (Lipinski definition) is 3. The van der Waals surface area contributed by atoms with Crippen molar-refractivity contribution in [1.82, 2.24) is 10.2 Å². The van der Waals surface area contributed by atoms with E-state index in [-0.39, 0.29) is 5.91 Å². The van der Waals surface area contributed by atoms with Gasteiger partial charge in [0.15, 0.2) is 4.67 Å². The van der Waals surface area contributed by atoms with Crippen molar-refractivity contribution in [3.63, 3.8) is 0 Å². The van der Waals surface area contributed by atoms with E-state index < -0.39 is 0 Å². The van der Waals surface area contributed by atoms with Crippen LogP contribution in [-0.2, 0) is 13.1 Å². The Kier molecular flexibility index (Phi) is 4.98. The Morgan fingerprint density at radius 2 is 1.95 bits per heavy atom. The van der Waals surface area contributed by atoms with E-state index >= 15 is 0 Å². The van der Waals surface area contributed by atoms with Gasteiger partial charge in [-0.25, -0.2) is 0 Å². The lowest BCUT2D eigenvalue weighted by atomic mass is 10.1. The zero-order valence-electron chi connectivity index (χ0n) is 11.5. The van der Waals surface area contributed by atoms with E-state index in [9.17, 15) is 4.79 Å². The predicted octanol–water partition coefficient (Wildman–Crippen LogP) is 3.03. The third kappa shape index (κ3) is 3.71. The van der Waals surface area contributed by atoms with Crippen LogP contribution in [0.1, 0.15) is 21.5 Å². The number of furan rings is 1. The predicted molar refractivity (Wildman–Crippen MR) is 81.4 cm³/mol. The van der Waals surface area contributed by atoms with Crippen LogP contribution in [0.3, 0.4) is 0 Å². The standard InChI is InChI=1S/C15H17BrN2O2/c1-18(2)10-12-6-4-3-5-11(12)9-17-15(19)13-7-8-20-14(13)16/h3-8H,9-10H2,1-2H3,(H,17,19). The second kappa shape index (κ2) is 6.72. The van der Waals surface area contributed by atoms with Crippen molar-refractivity contribution in [2.45, 2.75) is 13.1 Å². The molecule has 0 spiro atoms. The van der Waals surface area contributed by atoms with Crippen LogP contribution in [0.5, 0.6) is 0 Å². The number of halogens is 1. The molecule has 106 valence electrons. The van der Waals surface area contributed by atoms with Crippen LogP contribution in [0.25, 0.3) is 0 Å². The molecule has 1 aromatic heterocycles. The largest absolute Gasteiger partial charge is 0.457 e. The SMILES string of the molecule is CN(C)Cc1ccccc1CNC(=O)c1ccoc1Br. The molecule has 0 radical (unpaired) electrons. The van der Waals surface area contributed by atoms with E-state index in [1.165, 1.54) is 11.8 Å². The van der Waals surface area contributed by atoms with Crippen molar-refractivity contribution >= 4 is 21.8 Å². The minimum atomic E-state index is -0.148. The molecular weight excluding hydrogens is 320 g/mol. The number of carbonyl (C=O) groups excluding carboxylic acids is 1. The van der Waals surface area contributed by atoms with Crippen LogP contribution < -0.4 is 5.32 Å². The first kappa shape index (κ1) is 14.8. The van der Waals surface area contributed by atoms with Crippen molar-refractivity contribution in [2.75, 3.05) is 14.1 Å². The number of hydrogen-bond donors (Lipinski definition) is 1. The molecule has 0 fully saturated rings. The topological polar surface area (TPSA) is 45.5 Å². The summed E-state index contributed by atoms with van der Waals surface area (Å²) in [7, 11) is 4.05. The first-order chi connectivity index (χ1) is 9.58. The van der Waals surface area contributed by atoms with Crippen LogP contribution in [0.15, 0.2) is 45.7 Å². The highest BCUT2D eigenvalue weighted by atomic mass is 79.9. The van der Waals surface area contributed by atoms with Crippen molar-refractivity contribution in [3.8, 4) is 0 Å². The Bertz CT molecular complexity index is 593. The molecule has 0 unspecified atom stereocenters. The quantitative estimate of drug-likeness (QED) is 0.912. The Balaban J connectivity index is 2.04. The van der Waals surface area contributed by atoms with E-state index in [0.29, 0.717) is 16.8 Å². The van der Waals surface area contributed by atoms with Gasteiger partial charge in [0, 0.05) is 13.1 Å². The van der Waals surface area contributed by atoms with Gasteiger partial charge in [0.25, 0.3) is 5.91 Å². The van der Waals surface area contributed by atoms with E-state index in [1.807, 2.05) is 32.3 Å². The van der Waals surface area contributed by atoms with E-state index in [2.05, 4.69) is 32.2 Å². The maximum Gasteiger partial charge on any atom is 0.256 e. The normalized spacial score (nSPS) is 10.8. The van der Waals surface area contributed by atoms with Gasteiger partial charge in [-0.15, -0.1) is 0 Å². The summed E-state index contributed by atoms with van der Waals surface area (Å²) >= 11 is 3.21. The third-order valence-corrected chi connectivity index (χ3v) is 3.52. The number of nitrogens with one attached hydrogen (secondary N) is 1. The van der Waals surface area contributed by atoms with Crippen LogP contribution in [0, 0.1) is 0 Å². The monoisotopic (exact) mass is 336 g/mol. The summed E-state index contributed by atoms with van der Waals surface area (Å²) in [5, 5.41) is 2.91. The number of amides is 1. The average Bonchev–Trinajstić information content (AvgIpc) is 2.83. The molecule has 0 bridgehead atoms. The Labute approximate surface area is 126 Å². The number of nitrogens with zero attached hydrogens (tertiary/aromatic N) is 1. The molecule has 0 atom stereocenters. The van der Waals surface area contributed by atoms with Gasteiger partial charge in [-0.2, -0.15) is 0 Å². The Morgan fingerprint density at radius 1 is 1.25 bits per heavy atom. The molecule has 1 N–H and O–H groups in total. The van der Waals surface area contributed by atoms with Gasteiger partial charge in [0.2, 0.25) is 0 Å². The summed E-state index contributed by atoms with van der Waals surface area (Å²) in [5.41, 5.74) is 2.84. The fourth-order valence-corrected chi connectivity index (χ4v) is 2.37. The first-order valence-corrected chi connectivity index (χ1v) is 7.10. The highest BCUT2D eigenvalue weighted by Gasteiger charge is 2.12. The van der Waals surface area contributed by atoms with Gasteiger partial charge >= 0.3 is 0 Å². The lowest BCUT2D eigenvalue weighted by Gasteiger charge is -2.14. The summed E-state index contributed by atoms with van der Waals surface area (Å²) in [6, 6.07) is 9.75. The highest BCUT2D eigenvalue weighted by Crippen LogP contribution is 2.17. The highest BCUT2D eigenvalue weighted by molar-refractivity contribution is 9.10. The number of carbonyl (C=O) groups is 1. The molecule has 1 heterocycles. The van der Waals surface area contributed by atoms with Crippen LogP contribution in [0.4, 0.5) is 0 Å². The lowest BCUT2D eigenvalue weighted by molar-refractivity contribution is 0.0949. The van der Waals surface area contributed by atoms with E-state index in [1.54, 1.807) is 6.07 Å². The molecule has 0 aliphatic rings. The average molecular weight is 337 g/mol. The van der Waals surface area contributed by atoms with Crippen LogP contribution >= 0.6 is 15.9 Å². The zero-order valence-corrected chi connectivity index (χ0v) is 13.1. The second-order valence-electron chi connectivity index (χ2n) is 4.80. The Morgan fingerprint density at radius 3 is 2.55 bits per heavy atom. The number of rotatable bonds is 5. The van der Waals surface area contributed by atoms with Gasteiger partial charge < -0.3 is 14.6 Å². The molecule has 4 nitrogen and oxygen atoms in total. The molecule has 1 aromatic carbocycles.